The molecule has 2 aromatic rings. The fourth-order valence-electron chi connectivity index (χ4n) is 4.23. The van der Waals surface area contributed by atoms with Crippen LogP contribution in [-0.4, -0.2) is 23.5 Å². The van der Waals surface area contributed by atoms with Gasteiger partial charge in [-0.05, 0) is 60.3 Å². The van der Waals surface area contributed by atoms with E-state index < -0.39 is 5.97 Å². The van der Waals surface area contributed by atoms with E-state index >= 15 is 0 Å². The highest BCUT2D eigenvalue weighted by atomic mass is 16.4. The number of carboxylic acid groups (broad SMARTS) is 1. The van der Waals surface area contributed by atoms with Crippen molar-refractivity contribution in [1.29, 1.82) is 0 Å². The Balaban J connectivity index is 1.60. The van der Waals surface area contributed by atoms with Crippen molar-refractivity contribution >= 4 is 11.9 Å². The summed E-state index contributed by atoms with van der Waals surface area (Å²) < 4.78 is 0. The van der Waals surface area contributed by atoms with E-state index in [1.807, 2.05) is 18.2 Å². The molecule has 2 saturated carbocycles. The van der Waals surface area contributed by atoms with Crippen LogP contribution in [0.25, 0.3) is 11.1 Å². The number of benzene rings is 2. The molecule has 0 aliphatic heterocycles. The minimum absolute atomic E-state index is 0.118. The van der Waals surface area contributed by atoms with Gasteiger partial charge in [0, 0.05) is 12.1 Å². The van der Waals surface area contributed by atoms with E-state index in [1.165, 1.54) is 32.1 Å². The first-order valence-corrected chi connectivity index (χ1v) is 9.31. The van der Waals surface area contributed by atoms with Gasteiger partial charge >= 0.3 is 5.97 Å². The fraction of sp³-hybridized carbons (Fsp3) is 0.364. The number of nitrogens with one attached hydrogen (secondary N) is 1. The normalized spacial score (nSPS) is 18.0. The van der Waals surface area contributed by atoms with Crippen molar-refractivity contribution in [2.45, 2.75) is 32.1 Å². The number of hydrogen-bond acceptors (Lipinski definition) is 2. The molecular weight excluding hydrogens is 326 g/mol. The lowest BCUT2D eigenvalue weighted by Gasteiger charge is -2.42. The third kappa shape index (κ3) is 3.00. The summed E-state index contributed by atoms with van der Waals surface area (Å²) in [5, 5.41) is 12.6. The lowest BCUT2D eigenvalue weighted by molar-refractivity contribution is 0.0697. The van der Waals surface area contributed by atoms with Gasteiger partial charge in [-0.3, -0.25) is 4.79 Å². The monoisotopic (exact) mass is 349 g/mol. The lowest BCUT2D eigenvalue weighted by Crippen LogP contribution is -2.43. The van der Waals surface area contributed by atoms with E-state index in [1.54, 1.807) is 30.3 Å². The molecule has 0 bridgehead atoms. The van der Waals surface area contributed by atoms with Gasteiger partial charge < -0.3 is 10.4 Å². The molecule has 2 N–H and O–H groups in total. The first kappa shape index (κ1) is 16.8. The molecule has 1 amide bonds. The van der Waals surface area contributed by atoms with Crippen LogP contribution < -0.4 is 5.32 Å². The van der Waals surface area contributed by atoms with Gasteiger partial charge in [-0.1, -0.05) is 42.8 Å². The Morgan fingerprint density at radius 1 is 0.962 bits per heavy atom. The van der Waals surface area contributed by atoms with Crippen LogP contribution in [0.3, 0.4) is 0 Å². The predicted molar refractivity (Wildman–Crippen MR) is 100 cm³/mol. The van der Waals surface area contributed by atoms with E-state index in [9.17, 15) is 14.7 Å². The molecular formula is C22H23NO3. The number of rotatable bonds is 6. The van der Waals surface area contributed by atoms with Crippen LogP contribution in [0.5, 0.6) is 0 Å². The minimum Gasteiger partial charge on any atom is -0.478 e. The third-order valence-corrected chi connectivity index (χ3v) is 6.01. The maximum Gasteiger partial charge on any atom is 0.336 e. The molecule has 0 heterocycles. The van der Waals surface area contributed by atoms with Crippen LogP contribution in [0.1, 0.15) is 52.8 Å². The Morgan fingerprint density at radius 3 is 2.08 bits per heavy atom. The molecule has 0 radical (unpaired) electrons. The summed E-state index contributed by atoms with van der Waals surface area (Å²) in [4.78, 5) is 24.5. The van der Waals surface area contributed by atoms with Gasteiger partial charge in [0.25, 0.3) is 5.91 Å². The molecule has 134 valence electrons. The smallest absolute Gasteiger partial charge is 0.336 e. The van der Waals surface area contributed by atoms with Crippen molar-refractivity contribution in [2.75, 3.05) is 6.54 Å². The maximum absolute atomic E-state index is 12.9. The summed E-state index contributed by atoms with van der Waals surface area (Å²) in [7, 11) is 0. The molecule has 0 saturated heterocycles. The molecule has 0 atom stereocenters. The summed E-state index contributed by atoms with van der Waals surface area (Å²) >= 11 is 0. The van der Waals surface area contributed by atoms with Crippen molar-refractivity contribution in [3.05, 3.63) is 59.7 Å². The molecule has 2 aliphatic rings. The van der Waals surface area contributed by atoms with Gasteiger partial charge in [0.1, 0.15) is 0 Å². The van der Waals surface area contributed by atoms with E-state index in [2.05, 4.69) is 5.32 Å². The number of aromatic carboxylic acids is 1. The van der Waals surface area contributed by atoms with E-state index in [4.69, 9.17) is 0 Å². The summed E-state index contributed by atoms with van der Waals surface area (Å²) in [6, 6.07) is 14.1. The molecule has 4 heteroatoms. The highest BCUT2D eigenvalue weighted by molar-refractivity contribution is 6.04. The van der Waals surface area contributed by atoms with Crippen LogP contribution in [0.4, 0.5) is 0 Å². The molecule has 2 aromatic carbocycles. The van der Waals surface area contributed by atoms with Crippen molar-refractivity contribution in [2.24, 2.45) is 11.3 Å². The molecule has 2 fully saturated rings. The molecule has 4 nitrogen and oxygen atoms in total. The minimum atomic E-state index is -0.988. The van der Waals surface area contributed by atoms with Gasteiger partial charge in [0.15, 0.2) is 0 Å². The van der Waals surface area contributed by atoms with Crippen molar-refractivity contribution in [3.63, 3.8) is 0 Å². The lowest BCUT2D eigenvalue weighted by atomic mass is 9.65. The zero-order chi connectivity index (χ0) is 18.1. The summed E-state index contributed by atoms with van der Waals surface area (Å²) in [5.41, 5.74) is 2.29. The Kier molecular flexibility index (Phi) is 4.27. The van der Waals surface area contributed by atoms with Gasteiger partial charge in [0.2, 0.25) is 0 Å². The summed E-state index contributed by atoms with van der Waals surface area (Å²) in [6.07, 6.45) is 6.26. The highest BCUT2D eigenvalue weighted by Crippen LogP contribution is 2.56. The van der Waals surface area contributed by atoms with Gasteiger partial charge in [-0.2, -0.15) is 0 Å². The van der Waals surface area contributed by atoms with Crippen LogP contribution in [0.2, 0.25) is 0 Å². The quantitative estimate of drug-likeness (QED) is 0.814. The molecule has 0 spiro atoms. The second-order valence-corrected chi connectivity index (χ2v) is 7.57. The molecule has 26 heavy (non-hydrogen) atoms. The van der Waals surface area contributed by atoms with Gasteiger partial charge in [-0.25, -0.2) is 4.79 Å². The summed E-state index contributed by atoms with van der Waals surface area (Å²) in [5.74, 6) is -0.329. The Hall–Kier alpha value is -2.62. The largest absolute Gasteiger partial charge is 0.478 e. The van der Waals surface area contributed by atoms with E-state index in [0.29, 0.717) is 22.1 Å². The average molecular weight is 349 g/mol. The second kappa shape index (κ2) is 6.60. The Morgan fingerprint density at radius 2 is 1.54 bits per heavy atom. The zero-order valence-electron chi connectivity index (χ0n) is 14.7. The molecule has 4 rings (SSSR count). The van der Waals surface area contributed by atoms with Crippen molar-refractivity contribution in [3.8, 4) is 11.1 Å². The average Bonchev–Trinajstić information content (AvgIpc) is 3.46. The van der Waals surface area contributed by atoms with Crippen molar-refractivity contribution in [1.82, 2.24) is 5.32 Å². The van der Waals surface area contributed by atoms with Gasteiger partial charge in [-0.15, -0.1) is 0 Å². The highest BCUT2D eigenvalue weighted by Gasteiger charge is 2.48. The second-order valence-electron chi connectivity index (χ2n) is 7.57. The number of amides is 1. The van der Waals surface area contributed by atoms with Crippen LogP contribution in [0.15, 0.2) is 48.5 Å². The first-order valence-electron chi connectivity index (χ1n) is 9.31. The molecule has 0 unspecified atom stereocenters. The van der Waals surface area contributed by atoms with Crippen molar-refractivity contribution < 1.29 is 14.7 Å². The number of carbonyl (C=O) groups is 2. The van der Waals surface area contributed by atoms with Gasteiger partial charge in [0.05, 0.1) is 5.56 Å². The Labute approximate surface area is 153 Å². The zero-order valence-corrected chi connectivity index (χ0v) is 14.7. The van der Waals surface area contributed by atoms with E-state index in [-0.39, 0.29) is 11.5 Å². The number of hydrogen-bond donors (Lipinski definition) is 2. The van der Waals surface area contributed by atoms with Crippen LogP contribution in [-0.2, 0) is 0 Å². The molecule has 2 aliphatic carbocycles. The number of carbonyl (C=O) groups excluding carboxylic acids is 1. The Bertz CT molecular complexity index is 850. The molecule has 0 aromatic heterocycles. The fourth-order valence-corrected chi connectivity index (χ4v) is 4.23. The topological polar surface area (TPSA) is 66.4 Å². The summed E-state index contributed by atoms with van der Waals surface area (Å²) in [6.45, 7) is 0.728. The maximum atomic E-state index is 12.9. The standard InChI is InChI=1S/C22H23NO3/c24-20(23-14-22(12-5-13-22)15-10-11-15)18-8-3-1-6-16(18)17-7-2-4-9-19(17)21(25)26/h1-4,6-9,15H,5,10-14H2,(H,23,24)(H,25,26). The predicted octanol–water partition coefficient (Wildman–Crippen LogP) is 4.36. The van der Waals surface area contributed by atoms with Crippen LogP contribution >= 0.6 is 0 Å². The first-order chi connectivity index (χ1) is 12.6. The third-order valence-electron chi connectivity index (χ3n) is 6.01. The number of carboxylic acids is 1. The van der Waals surface area contributed by atoms with E-state index in [0.717, 1.165) is 12.5 Å². The van der Waals surface area contributed by atoms with Crippen LogP contribution in [0, 0.1) is 11.3 Å². The SMILES string of the molecule is O=C(O)c1ccccc1-c1ccccc1C(=O)NCC1(C2CC2)CCC1.